The van der Waals surface area contributed by atoms with E-state index in [1.807, 2.05) is 49.1 Å². The lowest BCUT2D eigenvalue weighted by Gasteiger charge is -2.29. The Kier molecular flexibility index (Phi) is 5.34. The molecule has 1 aliphatic rings. The summed E-state index contributed by atoms with van der Waals surface area (Å²) in [5.41, 5.74) is 4.89. The van der Waals surface area contributed by atoms with Gasteiger partial charge in [-0.15, -0.1) is 0 Å². The molecule has 0 radical (unpaired) electrons. The first-order valence-electron chi connectivity index (χ1n) is 8.77. The number of amides is 1. The summed E-state index contributed by atoms with van der Waals surface area (Å²) in [6.07, 6.45) is 1.06. The van der Waals surface area contributed by atoms with E-state index >= 15 is 0 Å². The molecule has 0 aliphatic carbocycles. The monoisotopic (exact) mass is 339 g/mol. The van der Waals surface area contributed by atoms with Gasteiger partial charge in [-0.2, -0.15) is 0 Å². The van der Waals surface area contributed by atoms with Crippen LogP contribution in [0.25, 0.3) is 0 Å². The maximum Gasteiger partial charge on any atom is 0.253 e. The standard InChI is InChI=1S/C20H25N3O2/c1-14-3-4-17(15(2)22-14)13-21-18-7-5-16(6-8-18)20(25)23-11-9-19(24)10-12-23/h3-8,19,21,24H,9-13H2,1-2H3. The summed E-state index contributed by atoms with van der Waals surface area (Å²) in [5, 5.41) is 12.9. The summed E-state index contributed by atoms with van der Waals surface area (Å²) < 4.78 is 0. The normalized spacial score (nSPS) is 15.2. The molecule has 1 aliphatic heterocycles. The Morgan fingerprint density at radius 3 is 2.48 bits per heavy atom. The molecule has 2 aromatic rings. The molecule has 0 saturated carbocycles. The number of aryl methyl sites for hydroxylation is 2. The molecule has 5 heteroatoms. The van der Waals surface area contributed by atoms with Gasteiger partial charge in [-0.3, -0.25) is 9.78 Å². The van der Waals surface area contributed by atoms with Gasteiger partial charge >= 0.3 is 0 Å². The minimum atomic E-state index is -0.268. The first-order valence-corrected chi connectivity index (χ1v) is 8.77. The lowest BCUT2D eigenvalue weighted by molar-refractivity contribution is 0.0546. The van der Waals surface area contributed by atoms with Crippen LogP contribution in [0.1, 0.15) is 40.2 Å². The third-order valence-electron chi connectivity index (χ3n) is 4.70. The molecule has 0 bridgehead atoms. The molecule has 132 valence electrons. The number of rotatable bonds is 4. The van der Waals surface area contributed by atoms with Crippen molar-refractivity contribution >= 4 is 11.6 Å². The fourth-order valence-corrected chi connectivity index (χ4v) is 3.08. The molecule has 1 aromatic carbocycles. The van der Waals surface area contributed by atoms with Crippen LogP contribution in [0.4, 0.5) is 5.69 Å². The van der Waals surface area contributed by atoms with Crippen molar-refractivity contribution in [2.75, 3.05) is 18.4 Å². The average Bonchev–Trinajstić information content (AvgIpc) is 2.61. The van der Waals surface area contributed by atoms with Crippen LogP contribution in [-0.4, -0.2) is 40.1 Å². The molecule has 0 spiro atoms. The Morgan fingerprint density at radius 2 is 1.84 bits per heavy atom. The highest BCUT2D eigenvalue weighted by Gasteiger charge is 2.22. The molecule has 25 heavy (non-hydrogen) atoms. The molecule has 1 aromatic heterocycles. The Morgan fingerprint density at radius 1 is 1.16 bits per heavy atom. The number of aliphatic hydroxyl groups is 1. The zero-order valence-electron chi connectivity index (χ0n) is 14.8. The highest BCUT2D eigenvalue weighted by atomic mass is 16.3. The summed E-state index contributed by atoms with van der Waals surface area (Å²) in [7, 11) is 0. The largest absolute Gasteiger partial charge is 0.393 e. The molecule has 5 nitrogen and oxygen atoms in total. The van der Waals surface area contributed by atoms with Crippen molar-refractivity contribution in [3.8, 4) is 0 Å². The van der Waals surface area contributed by atoms with Crippen molar-refractivity contribution in [3.05, 3.63) is 58.9 Å². The molecule has 0 unspecified atom stereocenters. The van der Waals surface area contributed by atoms with Crippen LogP contribution in [0.5, 0.6) is 0 Å². The number of aliphatic hydroxyl groups excluding tert-OH is 1. The number of pyridine rings is 1. The predicted molar refractivity (Wildman–Crippen MR) is 98.6 cm³/mol. The summed E-state index contributed by atoms with van der Waals surface area (Å²) in [5.74, 6) is 0.0389. The smallest absolute Gasteiger partial charge is 0.253 e. The van der Waals surface area contributed by atoms with Gasteiger partial charge < -0.3 is 15.3 Å². The number of benzene rings is 1. The van der Waals surface area contributed by atoms with Crippen molar-refractivity contribution in [1.29, 1.82) is 0 Å². The van der Waals surface area contributed by atoms with Crippen LogP contribution < -0.4 is 5.32 Å². The van der Waals surface area contributed by atoms with Gasteiger partial charge in [0.1, 0.15) is 0 Å². The minimum Gasteiger partial charge on any atom is -0.393 e. The van der Waals surface area contributed by atoms with Crippen LogP contribution in [-0.2, 0) is 6.54 Å². The van der Waals surface area contributed by atoms with E-state index in [1.54, 1.807) is 0 Å². The van der Waals surface area contributed by atoms with Crippen LogP contribution in [0.3, 0.4) is 0 Å². The number of nitrogens with zero attached hydrogens (tertiary/aromatic N) is 2. The third kappa shape index (κ3) is 4.37. The lowest BCUT2D eigenvalue weighted by atomic mass is 10.1. The number of anilines is 1. The Bertz CT molecular complexity index is 735. The van der Waals surface area contributed by atoms with Gasteiger partial charge in [0.05, 0.1) is 6.10 Å². The number of hydrogen-bond acceptors (Lipinski definition) is 4. The third-order valence-corrected chi connectivity index (χ3v) is 4.70. The van der Waals surface area contributed by atoms with Crippen molar-refractivity contribution in [1.82, 2.24) is 9.88 Å². The number of carbonyl (C=O) groups excluding carboxylic acids is 1. The molecule has 3 rings (SSSR count). The van der Waals surface area contributed by atoms with E-state index in [0.29, 0.717) is 38.0 Å². The molecule has 0 atom stereocenters. The second kappa shape index (κ2) is 7.66. The second-order valence-electron chi connectivity index (χ2n) is 6.65. The fraction of sp³-hybridized carbons (Fsp3) is 0.400. The van der Waals surface area contributed by atoms with E-state index in [9.17, 15) is 9.90 Å². The van der Waals surface area contributed by atoms with E-state index in [-0.39, 0.29) is 12.0 Å². The number of aromatic nitrogens is 1. The van der Waals surface area contributed by atoms with E-state index in [1.165, 1.54) is 0 Å². The topological polar surface area (TPSA) is 65.5 Å². The van der Waals surface area contributed by atoms with Crippen LogP contribution in [0, 0.1) is 13.8 Å². The molecular weight excluding hydrogens is 314 g/mol. The lowest BCUT2D eigenvalue weighted by Crippen LogP contribution is -2.40. The number of likely N-dealkylation sites (tertiary alicyclic amines) is 1. The molecular formula is C20H25N3O2. The van der Waals surface area contributed by atoms with Gasteiger partial charge in [0.25, 0.3) is 5.91 Å². The highest BCUT2D eigenvalue weighted by molar-refractivity contribution is 5.94. The van der Waals surface area contributed by atoms with Gasteiger partial charge in [-0.1, -0.05) is 6.07 Å². The molecule has 1 saturated heterocycles. The Hall–Kier alpha value is -2.40. The van der Waals surface area contributed by atoms with Crippen molar-refractivity contribution in [2.45, 2.75) is 39.3 Å². The van der Waals surface area contributed by atoms with Gasteiger partial charge in [0.15, 0.2) is 0 Å². The van der Waals surface area contributed by atoms with Crippen molar-refractivity contribution in [3.63, 3.8) is 0 Å². The van der Waals surface area contributed by atoms with E-state index < -0.39 is 0 Å². The van der Waals surface area contributed by atoms with Gasteiger partial charge in [0.2, 0.25) is 0 Å². The fourth-order valence-electron chi connectivity index (χ4n) is 3.08. The maximum absolute atomic E-state index is 12.5. The Balaban J connectivity index is 1.59. The maximum atomic E-state index is 12.5. The van der Waals surface area contributed by atoms with Gasteiger partial charge in [-0.05, 0) is 62.6 Å². The molecule has 2 heterocycles. The zero-order chi connectivity index (χ0) is 17.8. The van der Waals surface area contributed by atoms with Crippen LogP contribution in [0.15, 0.2) is 36.4 Å². The number of hydrogen-bond donors (Lipinski definition) is 2. The highest BCUT2D eigenvalue weighted by Crippen LogP contribution is 2.17. The SMILES string of the molecule is Cc1ccc(CNc2ccc(C(=O)N3CCC(O)CC3)cc2)c(C)n1. The Labute approximate surface area is 148 Å². The van der Waals surface area contributed by atoms with Gasteiger partial charge in [-0.25, -0.2) is 0 Å². The summed E-state index contributed by atoms with van der Waals surface area (Å²) >= 11 is 0. The number of piperidine rings is 1. The predicted octanol–water partition coefficient (Wildman–Crippen LogP) is 2.91. The van der Waals surface area contributed by atoms with Crippen LogP contribution >= 0.6 is 0 Å². The van der Waals surface area contributed by atoms with E-state index in [0.717, 1.165) is 22.6 Å². The molecule has 1 fully saturated rings. The minimum absolute atomic E-state index is 0.0389. The van der Waals surface area contributed by atoms with E-state index in [2.05, 4.69) is 16.4 Å². The summed E-state index contributed by atoms with van der Waals surface area (Å²) in [6, 6.07) is 11.7. The van der Waals surface area contributed by atoms with Gasteiger partial charge in [0, 0.05) is 42.3 Å². The van der Waals surface area contributed by atoms with E-state index in [4.69, 9.17) is 0 Å². The molecule has 2 N–H and O–H groups in total. The summed E-state index contributed by atoms with van der Waals surface area (Å²) in [6.45, 7) is 5.96. The summed E-state index contributed by atoms with van der Waals surface area (Å²) in [4.78, 5) is 18.8. The quantitative estimate of drug-likeness (QED) is 0.899. The first-order chi connectivity index (χ1) is 12.0. The zero-order valence-corrected chi connectivity index (χ0v) is 14.8. The first kappa shape index (κ1) is 17.4. The average molecular weight is 339 g/mol. The van der Waals surface area contributed by atoms with Crippen molar-refractivity contribution in [2.24, 2.45) is 0 Å². The number of nitrogens with one attached hydrogen (secondary N) is 1. The molecule has 1 amide bonds. The second-order valence-corrected chi connectivity index (χ2v) is 6.65. The van der Waals surface area contributed by atoms with Crippen LogP contribution in [0.2, 0.25) is 0 Å². The van der Waals surface area contributed by atoms with Crippen molar-refractivity contribution < 1.29 is 9.90 Å². The number of carbonyl (C=O) groups is 1.